The summed E-state index contributed by atoms with van der Waals surface area (Å²) in [7, 11) is -6.31. The minimum Gasteiger partial charge on any atom is -0.309 e. The van der Waals surface area contributed by atoms with Crippen LogP contribution in [0.3, 0.4) is 0 Å². The van der Waals surface area contributed by atoms with Crippen molar-refractivity contribution in [3.63, 3.8) is 0 Å². The summed E-state index contributed by atoms with van der Waals surface area (Å²) < 4.78 is 230. The summed E-state index contributed by atoms with van der Waals surface area (Å²) in [5, 5.41) is 0.779. The highest BCUT2D eigenvalue weighted by atomic mass is 28.3. The van der Waals surface area contributed by atoms with E-state index in [0.717, 1.165) is 49.3 Å². The lowest BCUT2D eigenvalue weighted by Gasteiger charge is -2.34. The van der Waals surface area contributed by atoms with Crippen LogP contribution in [0.1, 0.15) is 32.9 Å². The quantitative estimate of drug-likeness (QED) is 0.107. The fraction of sp³-hybridized carbons (Fsp3) is 0. The number of fused-ring (bicyclic) bond motifs is 9. The monoisotopic (exact) mass is 1010 g/mol. The van der Waals surface area contributed by atoms with Gasteiger partial charge < -0.3 is 9.13 Å². The molecule has 0 spiro atoms. The fourth-order valence-corrected chi connectivity index (χ4v) is 14.2. The maximum Gasteiger partial charge on any atom is 0.238 e. The van der Waals surface area contributed by atoms with Gasteiger partial charge in [0.15, 0.2) is 19.7 Å². The minimum absolute atomic E-state index is 0.376. The number of para-hydroxylation sites is 5. The van der Waals surface area contributed by atoms with Crippen molar-refractivity contribution in [1.82, 2.24) is 28.7 Å². The number of hydrogen-bond donors (Lipinski definition) is 0. The second-order valence-corrected chi connectivity index (χ2v) is 21.2. The molecule has 0 aliphatic heterocycles. The largest absolute Gasteiger partial charge is 0.309 e. The SMILES string of the molecule is [2H]c1c([2H])c([2H])c(-c2nc(-c3c([2H])c([2H])c([Si](c4c([2H])c([2H])c([2H])c([2H])c4[2H])(c4c([2H])c([2H])c([2H])c([2H])c4[2H])c4c([2H])c([2H])c([2H])c([2H])c4[2H])c([2H])c3[2H])nc(-n3c4ccccc4c4cccc(-n5c6ccccc6c6ccc(-n7c8ccccc8c8ccccc87)cc65)c43)n2)c([2H])c1[2H]. The zero-order valence-electron chi connectivity index (χ0n) is 63.4. The Kier molecular flexibility index (Phi) is 5.99. The first-order valence-electron chi connectivity index (χ1n) is 35.9. The van der Waals surface area contributed by atoms with Crippen LogP contribution < -0.4 is 20.7 Å². The van der Waals surface area contributed by atoms with Crippen LogP contribution in [0, 0.1) is 0 Å². The summed E-state index contributed by atoms with van der Waals surface area (Å²) in [6.07, 6.45) is 0. The van der Waals surface area contributed by atoms with Crippen LogP contribution in [-0.4, -0.2) is 36.7 Å². The number of rotatable bonds is 9. The number of aromatic nitrogens is 6. The zero-order chi connectivity index (χ0) is 71.0. The first kappa shape index (κ1) is 25.8. The molecule has 0 amide bonds. The number of hydrogen-bond acceptors (Lipinski definition) is 3. The molecule has 0 atom stereocenters. The molecular weight excluding hydrogens is 941 g/mol. The maximum atomic E-state index is 10.3. The molecule has 0 unspecified atom stereocenters. The van der Waals surface area contributed by atoms with Gasteiger partial charge in [0.05, 0.1) is 71.7 Å². The van der Waals surface area contributed by atoms with Crippen LogP contribution in [0.25, 0.3) is 106 Å². The van der Waals surface area contributed by atoms with E-state index in [-0.39, 0.29) is 5.95 Å². The van der Waals surface area contributed by atoms with Gasteiger partial charge in [0.2, 0.25) is 5.95 Å². The van der Waals surface area contributed by atoms with Gasteiger partial charge >= 0.3 is 0 Å². The van der Waals surface area contributed by atoms with Crippen LogP contribution in [0.2, 0.25) is 0 Å². The molecule has 356 valence electrons. The molecule has 0 radical (unpaired) electrons. The first-order chi connectivity index (χ1) is 47.7. The van der Waals surface area contributed by atoms with Gasteiger partial charge in [-0.3, -0.25) is 4.57 Å². The standard InChI is InChI=1S/C69H46N6Si/c1-5-22-47(23-6-1)67-70-68(48-40-43-53(44-41-48)76(50-24-7-2-8-25-50,51-26-9-3-10-27-51)52-28-11-4-12-29-52)72-69(71-67)75-63-38-20-16-33-57(63)59-34-21-39-64(66(59)75)74-62-37-19-15-32-56(62)58-45-42-49(46-65(58)74)73-60-35-17-13-30-54(60)55-31-14-18-36-61(55)73/h1-46H/i1D,2D,3D,4D,5D,6D,7D,8D,9D,10D,11D,12D,22D,23D,24D,25D,26D,27D,28D,29D,40D,41D,43D,44D. The molecule has 0 saturated carbocycles. The van der Waals surface area contributed by atoms with E-state index in [1.54, 1.807) is 16.7 Å². The molecule has 4 aromatic heterocycles. The zero-order valence-corrected chi connectivity index (χ0v) is 40.4. The summed E-state index contributed by atoms with van der Waals surface area (Å²) in [6, 6.07) is 17.0. The number of nitrogens with zero attached hydrogens (tertiary/aromatic N) is 6. The van der Waals surface area contributed by atoms with E-state index >= 15 is 0 Å². The second kappa shape index (κ2) is 17.6. The molecule has 0 fully saturated rings. The summed E-state index contributed by atoms with van der Waals surface area (Å²) in [5.41, 5.74) is 4.20. The highest BCUT2D eigenvalue weighted by Gasteiger charge is 2.41. The summed E-state index contributed by atoms with van der Waals surface area (Å²) in [6.45, 7) is 0. The molecule has 0 bridgehead atoms. The molecule has 15 rings (SSSR count). The van der Waals surface area contributed by atoms with Crippen molar-refractivity contribution in [2.45, 2.75) is 0 Å². The smallest absolute Gasteiger partial charge is 0.238 e. The third kappa shape index (κ3) is 6.69. The second-order valence-electron chi connectivity index (χ2n) is 17.7. The average molecular weight is 1010 g/mol. The van der Waals surface area contributed by atoms with Crippen molar-refractivity contribution in [2.75, 3.05) is 0 Å². The van der Waals surface area contributed by atoms with Crippen LogP contribution >= 0.6 is 0 Å². The Morgan fingerprint density at radius 3 is 1.25 bits per heavy atom. The van der Waals surface area contributed by atoms with Crippen LogP contribution in [0.4, 0.5) is 0 Å². The lowest BCUT2D eigenvalue weighted by molar-refractivity contribution is 0.950. The molecular formula is C69H46N6Si. The van der Waals surface area contributed by atoms with Crippen LogP contribution in [0.5, 0.6) is 0 Å². The molecule has 7 heteroatoms. The molecule has 76 heavy (non-hydrogen) atoms. The van der Waals surface area contributed by atoms with Crippen LogP contribution in [0.15, 0.2) is 278 Å². The molecule has 0 N–H and O–H groups in total. The molecule has 0 saturated heterocycles. The predicted octanol–water partition coefficient (Wildman–Crippen LogP) is 13.9. The van der Waals surface area contributed by atoms with Crippen molar-refractivity contribution >= 4 is 94.2 Å². The summed E-state index contributed by atoms with van der Waals surface area (Å²) >= 11 is 0. The molecule has 0 aliphatic carbocycles. The molecule has 15 aromatic rings. The normalized spacial score (nSPS) is 16.4. The minimum atomic E-state index is -6.31. The highest BCUT2D eigenvalue weighted by Crippen LogP contribution is 2.41. The van der Waals surface area contributed by atoms with Crippen molar-refractivity contribution in [2.24, 2.45) is 0 Å². The Morgan fingerprint density at radius 2 is 0.724 bits per heavy atom. The van der Waals surface area contributed by atoms with E-state index < -0.39 is 197 Å². The van der Waals surface area contributed by atoms with E-state index in [0.29, 0.717) is 27.5 Å². The van der Waals surface area contributed by atoms with Gasteiger partial charge in [0.25, 0.3) is 0 Å². The summed E-state index contributed by atoms with van der Waals surface area (Å²) in [4.78, 5) is 14.6. The van der Waals surface area contributed by atoms with E-state index in [1.165, 1.54) is 0 Å². The van der Waals surface area contributed by atoms with Crippen molar-refractivity contribution in [3.8, 4) is 40.1 Å². The lowest BCUT2D eigenvalue weighted by atomic mass is 10.1. The predicted molar refractivity (Wildman–Crippen MR) is 317 cm³/mol. The molecule has 11 aromatic carbocycles. The van der Waals surface area contributed by atoms with Crippen molar-refractivity contribution in [3.05, 3.63) is 278 Å². The van der Waals surface area contributed by atoms with Gasteiger partial charge in [-0.25, -0.2) is 4.98 Å². The Bertz CT molecular complexity index is 5840. The Hall–Kier alpha value is -9.95. The Balaban J connectivity index is 1.09. The Morgan fingerprint density at radius 1 is 0.316 bits per heavy atom. The highest BCUT2D eigenvalue weighted by molar-refractivity contribution is 7.19. The third-order valence-corrected chi connectivity index (χ3v) is 17.8. The molecule has 0 aliphatic rings. The fourth-order valence-electron chi connectivity index (χ4n) is 10.7. The first-order valence-corrected chi connectivity index (χ1v) is 25.9. The van der Waals surface area contributed by atoms with Crippen molar-refractivity contribution < 1.29 is 32.9 Å². The van der Waals surface area contributed by atoms with Crippen molar-refractivity contribution in [1.29, 1.82) is 0 Å². The van der Waals surface area contributed by atoms with E-state index in [2.05, 4.69) is 56.6 Å². The molecule has 4 heterocycles. The van der Waals surface area contributed by atoms with E-state index in [4.69, 9.17) is 26.4 Å². The van der Waals surface area contributed by atoms with Gasteiger partial charge in [0.1, 0.15) is 0 Å². The van der Waals surface area contributed by atoms with Crippen LogP contribution in [-0.2, 0) is 0 Å². The maximum absolute atomic E-state index is 10.3. The van der Waals surface area contributed by atoms with Gasteiger partial charge in [-0.1, -0.05) is 236 Å². The van der Waals surface area contributed by atoms with Gasteiger partial charge in [-0.15, -0.1) is 0 Å². The summed E-state index contributed by atoms with van der Waals surface area (Å²) in [5.74, 6) is -1.78. The number of benzene rings is 11. The topological polar surface area (TPSA) is 53.5 Å². The average Bonchev–Trinajstić information content (AvgIpc) is 0.920. The van der Waals surface area contributed by atoms with Gasteiger partial charge in [-0.2, -0.15) is 9.97 Å². The third-order valence-electron chi connectivity index (χ3n) is 13.8. The van der Waals surface area contributed by atoms with Gasteiger partial charge in [-0.05, 0) is 63.2 Å². The Labute approximate surface area is 473 Å². The van der Waals surface area contributed by atoms with E-state index in [1.807, 2.05) is 78.9 Å². The van der Waals surface area contributed by atoms with E-state index in [9.17, 15) is 16.4 Å². The molecule has 6 nitrogen and oxygen atoms in total. The van der Waals surface area contributed by atoms with Gasteiger partial charge in [0, 0.05) is 49.1 Å². The lowest BCUT2D eigenvalue weighted by Crippen LogP contribution is -2.74.